The zero-order chi connectivity index (χ0) is 23.8. The van der Waals surface area contributed by atoms with Gasteiger partial charge in [0.2, 0.25) is 5.78 Å². The van der Waals surface area contributed by atoms with Gasteiger partial charge in [-0.25, -0.2) is 0 Å². The fourth-order valence-electron chi connectivity index (χ4n) is 3.68. The molecule has 9 heteroatoms. The summed E-state index contributed by atoms with van der Waals surface area (Å²) in [5.74, 6) is 0.563. The van der Waals surface area contributed by atoms with Crippen LogP contribution < -0.4 is 15.5 Å². The number of carbonyl (C=O) groups is 1. The lowest BCUT2D eigenvalue weighted by atomic mass is 10.0. The van der Waals surface area contributed by atoms with Crippen molar-refractivity contribution in [3.63, 3.8) is 0 Å². The zero-order valence-electron chi connectivity index (χ0n) is 20.1. The van der Waals surface area contributed by atoms with Crippen LogP contribution in [-0.4, -0.2) is 95.6 Å². The van der Waals surface area contributed by atoms with Gasteiger partial charge in [-0.2, -0.15) is 0 Å². The molecular weight excluding hydrogens is 434 g/mol. The van der Waals surface area contributed by atoms with Gasteiger partial charge < -0.3 is 20.4 Å². The number of likely N-dealkylation sites (N-methyl/N-ethyl adjacent to an activating group) is 3. The van der Waals surface area contributed by atoms with E-state index in [4.69, 9.17) is 4.99 Å². The topological polar surface area (TPSA) is 75.6 Å². The summed E-state index contributed by atoms with van der Waals surface area (Å²) in [5, 5.41) is 7.43. The SMILES string of the molecule is C=N/C=C1/C(=O)C(NCCN(C)C)=C2Sc3ccccc3N2C1=NCCCN(C)CCNC. The maximum atomic E-state index is 13.5. The number of carbonyl (C=O) groups excluding carboxylic acids is 1. The van der Waals surface area contributed by atoms with Crippen LogP contribution in [0.4, 0.5) is 5.69 Å². The van der Waals surface area contributed by atoms with Crippen molar-refractivity contribution in [3.05, 3.63) is 46.8 Å². The van der Waals surface area contributed by atoms with Gasteiger partial charge in [0.1, 0.15) is 16.6 Å². The first-order valence-corrected chi connectivity index (χ1v) is 12.1. The van der Waals surface area contributed by atoms with Crippen molar-refractivity contribution in [2.45, 2.75) is 11.3 Å². The second kappa shape index (κ2) is 12.1. The second-order valence-electron chi connectivity index (χ2n) is 8.34. The van der Waals surface area contributed by atoms with Gasteiger partial charge in [-0.1, -0.05) is 23.9 Å². The van der Waals surface area contributed by atoms with Crippen LogP contribution in [0.3, 0.4) is 0 Å². The molecule has 1 aromatic carbocycles. The van der Waals surface area contributed by atoms with Crippen LogP contribution in [0.25, 0.3) is 0 Å². The van der Waals surface area contributed by atoms with E-state index in [2.05, 4.69) is 56.2 Å². The van der Waals surface area contributed by atoms with Crippen molar-refractivity contribution in [2.75, 3.05) is 72.4 Å². The Labute approximate surface area is 201 Å². The Hall–Kier alpha value is -2.46. The Bertz CT molecular complexity index is 954. The highest BCUT2D eigenvalue weighted by Gasteiger charge is 2.41. The molecule has 0 unspecified atom stereocenters. The number of para-hydroxylation sites is 1. The van der Waals surface area contributed by atoms with E-state index in [9.17, 15) is 4.79 Å². The first kappa shape index (κ1) is 25.2. The molecule has 2 aliphatic rings. The number of ketones is 1. The number of nitrogens with zero attached hydrogens (tertiary/aromatic N) is 5. The molecule has 0 fully saturated rings. The molecule has 0 atom stereocenters. The van der Waals surface area contributed by atoms with Crippen LogP contribution in [-0.2, 0) is 4.79 Å². The molecule has 8 nitrogen and oxygen atoms in total. The van der Waals surface area contributed by atoms with Gasteiger partial charge >= 0.3 is 0 Å². The van der Waals surface area contributed by atoms with E-state index >= 15 is 0 Å². The molecule has 2 aliphatic heterocycles. The molecule has 33 heavy (non-hydrogen) atoms. The maximum absolute atomic E-state index is 13.5. The van der Waals surface area contributed by atoms with E-state index in [1.165, 1.54) is 6.20 Å². The Balaban J connectivity index is 1.91. The number of anilines is 1. The molecule has 0 amide bonds. The van der Waals surface area contributed by atoms with Gasteiger partial charge in [0.05, 0.1) is 11.3 Å². The normalized spacial score (nSPS) is 18.0. The minimum atomic E-state index is -0.0856. The number of hydrogen-bond donors (Lipinski definition) is 2. The van der Waals surface area contributed by atoms with Crippen LogP contribution in [0.15, 0.2) is 61.6 Å². The second-order valence-corrected chi connectivity index (χ2v) is 9.37. The number of hydrogen-bond acceptors (Lipinski definition) is 8. The molecule has 1 aromatic rings. The molecule has 0 saturated heterocycles. The van der Waals surface area contributed by atoms with Gasteiger partial charge in [-0.05, 0) is 60.0 Å². The molecule has 2 heterocycles. The van der Waals surface area contributed by atoms with Gasteiger partial charge in [-0.15, -0.1) is 0 Å². The number of aliphatic imine (C=N–C) groups is 2. The van der Waals surface area contributed by atoms with E-state index in [1.807, 2.05) is 33.3 Å². The fraction of sp³-hybridized carbons (Fsp3) is 0.458. The first-order chi connectivity index (χ1) is 16.0. The predicted molar refractivity (Wildman–Crippen MR) is 139 cm³/mol. The highest BCUT2D eigenvalue weighted by molar-refractivity contribution is 8.03. The van der Waals surface area contributed by atoms with Crippen LogP contribution >= 0.6 is 11.8 Å². The highest BCUT2D eigenvalue weighted by Crippen LogP contribution is 2.49. The summed E-state index contributed by atoms with van der Waals surface area (Å²) in [5.41, 5.74) is 2.11. The number of Topliss-reactive ketones (excluding diaryl/α,β-unsaturated/α-hetero) is 1. The summed E-state index contributed by atoms with van der Waals surface area (Å²) in [6.07, 6.45) is 2.44. The van der Waals surface area contributed by atoms with Crippen molar-refractivity contribution in [3.8, 4) is 0 Å². The quantitative estimate of drug-likeness (QED) is 0.276. The van der Waals surface area contributed by atoms with Crippen molar-refractivity contribution < 1.29 is 4.79 Å². The van der Waals surface area contributed by atoms with Crippen molar-refractivity contribution >= 4 is 35.8 Å². The van der Waals surface area contributed by atoms with Crippen LogP contribution in [0.2, 0.25) is 0 Å². The van der Waals surface area contributed by atoms with Crippen molar-refractivity contribution in [1.29, 1.82) is 0 Å². The largest absolute Gasteiger partial charge is 0.378 e. The van der Waals surface area contributed by atoms with E-state index in [0.717, 1.165) is 48.2 Å². The van der Waals surface area contributed by atoms with Crippen LogP contribution in [0.5, 0.6) is 0 Å². The van der Waals surface area contributed by atoms with Gasteiger partial charge in [0.25, 0.3) is 0 Å². The number of thioether (sulfide) groups is 1. The van der Waals surface area contributed by atoms with E-state index in [-0.39, 0.29) is 5.78 Å². The molecule has 0 bridgehead atoms. The Morgan fingerprint density at radius 2 is 1.94 bits per heavy atom. The Morgan fingerprint density at radius 1 is 1.15 bits per heavy atom. The highest BCUT2D eigenvalue weighted by atomic mass is 32.2. The molecule has 0 aromatic heterocycles. The maximum Gasteiger partial charge on any atom is 0.216 e. The molecule has 0 radical (unpaired) electrons. The Morgan fingerprint density at radius 3 is 2.67 bits per heavy atom. The third-order valence-electron chi connectivity index (χ3n) is 5.44. The lowest BCUT2D eigenvalue weighted by Gasteiger charge is -2.31. The van der Waals surface area contributed by atoms with Crippen LogP contribution in [0, 0.1) is 0 Å². The summed E-state index contributed by atoms with van der Waals surface area (Å²) >= 11 is 1.61. The number of allylic oxidation sites excluding steroid dienone is 1. The number of rotatable bonds is 12. The zero-order valence-corrected chi connectivity index (χ0v) is 20.9. The average Bonchev–Trinajstić information content (AvgIpc) is 3.18. The van der Waals surface area contributed by atoms with Crippen LogP contribution in [0.1, 0.15) is 6.42 Å². The third-order valence-corrected chi connectivity index (χ3v) is 6.58. The van der Waals surface area contributed by atoms with Gasteiger partial charge in [0, 0.05) is 43.8 Å². The monoisotopic (exact) mass is 469 g/mol. The molecule has 0 saturated carbocycles. The lowest BCUT2D eigenvalue weighted by Crippen LogP contribution is -2.42. The smallest absolute Gasteiger partial charge is 0.216 e. The number of benzene rings is 1. The number of nitrogens with one attached hydrogen (secondary N) is 2. The summed E-state index contributed by atoms with van der Waals surface area (Å²) in [6.45, 7) is 8.60. The fourth-order valence-corrected chi connectivity index (χ4v) is 4.84. The standard InChI is InChI=1S/C24H35N7OS/c1-25-12-16-30(5)14-8-11-28-23-18(17-26-2)22(32)21(27-13-15-29(3)4)24-31(23)19-9-6-7-10-20(19)33-24/h6-7,9-10,17,25,27H,2,8,11-16H2,1,3-5H3/b18-17-,28-23?. The molecule has 0 spiro atoms. The molecule has 3 rings (SSSR count). The minimum Gasteiger partial charge on any atom is -0.378 e. The van der Waals surface area contributed by atoms with Gasteiger partial charge in [0.15, 0.2) is 0 Å². The van der Waals surface area contributed by atoms with Gasteiger partial charge in [-0.3, -0.25) is 19.7 Å². The number of fused-ring (bicyclic) bond motifs is 3. The Kier molecular flexibility index (Phi) is 9.25. The molecule has 0 aliphatic carbocycles. The van der Waals surface area contributed by atoms with Crippen molar-refractivity contribution in [2.24, 2.45) is 9.98 Å². The van der Waals surface area contributed by atoms with E-state index < -0.39 is 0 Å². The predicted octanol–water partition coefficient (Wildman–Crippen LogP) is 2.03. The third kappa shape index (κ3) is 6.11. The molecule has 2 N–H and O–H groups in total. The molecule has 178 valence electrons. The summed E-state index contributed by atoms with van der Waals surface area (Å²) < 4.78 is 0. The average molecular weight is 470 g/mol. The summed E-state index contributed by atoms with van der Waals surface area (Å²) in [4.78, 5) is 30.0. The minimum absolute atomic E-state index is 0.0856. The lowest BCUT2D eigenvalue weighted by molar-refractivity contribution is -0.112. The van der Waals surface area contributed by atoms with Crippen molar-refractivity contribution in [1.82, 2.24) is 20.4 Å². The van der Waals surface area contributed by atoms with E-state index in [0.29, 0.717) is 30.2 Å². The summed E-state index contributed by atoms with van der Waals surface area (Å²) in [7, 11) is 8.11. The summed E-state index contributed by atoms with van der Waals surface area (Å²) in [6, 6.07) is 8.19. The first-order valence-electron chi connectivity index (χ1n) is 11.3. The van der Waals surface area contributed by atoms with E-state index in [1.54, 1.807) is 11.8 Å². The number of amidine groups is 1. The molecular formula is C24H35N7OS.